The van der Waals surface area contributed by atoms with Gasteiger partial charge >= 0.3 is 6.18 Å². The van der Waals surface area contributed by atoms with Gasteiger partial charge in [0.2, 0.25) is 5.91 Å². The summed E-state index contributed by atoms with van der Waals surface area (Å²) in [5, 5.41) is 4.85. The standard InChI is InChI=1S/C8H13F3N2O/c1-5(6-2-12-3-6)7(14)13-4-8(9,10)11/h5-6,12H,2-4H2,1H3,(H,13,14). The maximum Gasteiger partial charge on any atom is 0.405 e. The number of nitrogens with one attached hydrogen (secondary N) is 2. The van der Waals surface area contributed by atoms with Crippen LogP contribution in [0.3, 0.4) is 0 Å². The van der Waals surface area contributed by atoms with Gasteiger partial charge in [0, 0.05) is 5.92 Å². The Morgan fingerprint density at radius 2 is 2.14 bits per heavy atom. The Kier molecular flexibility index (Phi) is 3.36. The van der Waals surface area contributed by atoms with Crippen LogP contribution < -0.4 is 10.6 Å². The molecule has 0 radical (unpaired) electrons. The first-order valence-electron chi connectivity index (χ1n) is 4.45. The number of alkyl halides is 3. The summed E-state index contributed by atoms with van der Waals surface area (Å²) in [5.74, 6) is -0.698. The smallest absolute Gasteiger partial charge is 0.347 e. The van der Waals surface area contributed by atoms with E-state index in [0.717, 1.165) is 0 Å². The second-order valence-electron chi connectivity index (χ2n) is 3.54. The topological polar surface area (TPSA) is 41.1 Å². The van der Waals surface area contributed by atoms with Gasteiger partial charge in [-0.25, -0.2) is 0 Å². The highest BCUT2D eigenvalue weighted by atomic mass is 19.4. The molecule has 1 heterocycles. The number of rotatable bonds is 3. The third kappa shape index (κ3) is 3.17. The largest absolute Gasteiger partial charge is 0.405 e. The zero-order valence-electron chi connectivity index (χ0n) is 7.82. The molecular formula is C8H13F3N2O. The maximum atomic E-state index is 11.7. The van der Waals surface area contributed by atoms with Gasteiger partial charge in [-0.1, -0.05) is 6.92 Å². The van der Waals surface area contributed by atoms with Crippen molar-refractivity contribution in [1.82, 2.24) is 10.6 Å². The van der Waals surface area contributed by atoms with Crippen LogP contribution >= 0.6 is 0 Å². The van der Waals surface area contributed by atoms with Crippen LogP contribution in [0.5, 0.6) is 0 Å². The van der Waals surface area contributed by atoms with Crippen molar-refractivity contribution in [2.24, 2.45) is 11.8 Å². The van der Waals surface area contributed by atoms with E-state index in [1.165, 1.54) is 0 Å². The van der Waals surface area contributed by atoms with Crippen LogP contribution in [-0.2, 0) is 4.79 Å². The minimum Gasteiger partial charge on any atom is -0.347 e. The Labute approximate surface area is 80.0 Å². The van der Waals surface area contributed by atoms with Crippen molar-refractivity contribution in [2.75, 3.05) is 19.6 Å². The van der Waals surface area contributed by atoms with Crippen molar-refractivity contribution in [3.8, 4) is 0 Å². The molecular weight excluding hydrogens is 197 g/mol. The maximum absolute atomic E-state index is 11.7. The molecule has 82 valence electrons. The van der Waals surface area contributed by atoms with E-state index in [4.69, 9.17) is 0 Å². The molecule has 1 rings (SSSR count). The molecule has 1 unspecified atom stereocenters. The van der Waals surface area contributed by atoms with Crippen molar-refractivity contribution < 1.29 is 18.0 Å². The fraction of sp³-hybridized carbons (Fsp3) is 0.875. The molecule has 1 saturated heterocycles. The Morgan fingerprint density at radius 1 is 1.57 bits per heavy atom. The molecule has 1 aliphatic heterocycles. The van der Waals surface area contributed by atoms with Gasteiger partial charge in [0.1, 0.15) is 6.54 Å². The van der Waals surface area contributed by atoms with Crippen molar-refractivity contribution in [2.45, 2.75) is 13.1 Å². The van der Waals surface area contributed by atoms with E-state index in [0.29, 0.717) is 13.1 Å². The normalized spacial score (nSPS) is 20.0. The number of hydrogen-bond acceptors (Lipinski definition) is 2. The Morgan fingerprint density at radius 3 is 2.50 bits per heavy atom. The van der Waals surface area contributed by atoms with Crippen LogP contribution in [0.2, 0.25) is 0 Å². The average molecular weight is 210 g/mol. The molecule has 0 aromatic heterocycles. The lowest BCUT2D eigenvalue weighted by Gasteiger charge is -2.31. The third-order valence-corrected chi connectivity index (χ3v) is 2.40. The molecule has 1 atom stereocenters. The average Bonchev–Trinajstić information content (AvgIpc) is 1.95. The Balaban J connectivity index is 2.27. The molecule has 0 saturated carbocycles. The molecule has 0 aromatic rings. The monoisotopic (exact) mass is 210 g/mol. The molecule has 3 nitrogen and oxygen atoms in total. The van der Waals surface area contributed by atoms with Gasteiger partial charge in [-0.2, -0.15) is 13.2 Å². The summed E-state index contributed by atoms with van der Waals surface area (Å²) in [7, 11) is 0. The summed E-state index contributed by atoms with van der Waals surface area (Å²) in [6.07, 6.45) is -4.33. The van der Waals surface area contributed by atoms with Gasteiger partial charge in [0.05, 0.1) is 0 Å². The predicted octanol–water partition coefficient (Wildman–Crippen LogP) is 0.520. The van der Waals surface area contributed by atoms with Crippen LogP contribution in [0, 0.1) is 11.8 Å². The van der Waals surface area contributed by atoms with Crippen LogP contribution in [0.15, 0.2) is 0 Å². The highest BCUT2D eigenvalue weighted by Crippen LogP contribution is 2.17. The molecule has 6 heteroatoms. The van der Waals surface area contributed by atoms with Crippen molar-refractivity contribution in [3.63, 3.8) is 0 Å². The number of amides is 1. The second kappa shape index (κ2) is 4.16. The molecule has 0 aromatic carbocycles. The van der Waals surface area contributed by atoms with Crippen molar-refractivity contribution in [3.05, 3.63) is 0 Å². The Hall–Kier alpha value is -0.780. The van der Waals surface area contributed by atoms with Crippen LogP contribution in [0.25, 0.3) is 0 Å². The van der Waals surface area contributed by atoms with Crippen LogP contribution in [0.4, 0.5) is 13.2 Å². The van der Waals surface area contributed by atoms with E-state index in [1.807, 2.05) is 5.32 Å². The summed E-state index contributed by atoms with van der Waals surface area (Å²) in [5.41, 5.74) is 0. The minimum atomic E-state index is -4.33. The van der Waals surface area contributed by atoms with Gasteiger partial charge in [-0.05, 0) is 19.0 Å². The number of carbonyl (C=O) groups excluding carboxylic acids is 1. The first-order valence-corrected chi connectivity index (χ1v) is 4.45. The van der Waals surface area contributed by atoms with Gasteiger partial charge in [-0.15, -0.1) is 0 Å². The molecule has 1 fully saturated rings. The summed E-state index contributed by atoms with van der Waals surface area (Å²) in [6, 6.07) is 0. The summed E-state index contributed by atoms with van der Waals surface area (Å²) in [6.45, 7) is 1.83. The van der Waals surface area contributed by atoms with Gasteiger partial charge in [0.15, 0.2) is 0 Å². The molecule has 0 bridgehead atoms. The highest BCUT2D eigenvalue weighted by Gasteiger charge is 2.32. The van der Waals surface area contributed by atoms with Crippen molar-refractivity contribution >= 4 is 5.91 Å². The molecule has 1 aliphatic rings. The van der Waals surface area contributed by atoms with E-state index in [1.54, 1.807) is 6.92 Å². The lowest BCUT2D eigenvalue weighted by atomic mass is 9.88. The van der Waals surface area contributed by atoms with Gasteiger partial charge in [-0.3, -0.25) is 4.79 Å². The summed E-state index contributed by atoms with van der Waals surface area (Å²) >= 11 is 0. The van der Waals surface area contributed by atoms with Crippen LogP contribution in [-0.4, -0.2) is 31.7 Å². The van der Waals surface area contributed by atoms with Gasteiger partial charge in [0.25, 0.3) is 0 Å². The fourth-order valence-corrected chi connectivity index (χ4v) is 1.23. The lowest BCUT2D eigenvalue weighted by molar-refractivity contribution is -0.141. The third-order valence-electron chi connectivity index (χ3n) is 2.40. The molecule has 1 amide bonds. The second-order valence-corrected chi connectivity index (χ2v) is 3.54. The lowest BCUT2D eigenvalue weighted by Crippen LogP contribution is -2.50. The van der Waals surface area contributed by atoms with E-state index in [2.05, 4.69) is 5.32 Å². The van der Waals surface area contributed by atoms with Crippen molar-refractivity contribution in [1.29, 1.82) is 0 Å². The summed E-state index contributed by atoms with van der Waals surface area (Å²) in [4.78, 5) is 11.2. The number of hydrogen-bond donors (Lipinski definition) is 2. The van der Waals surface area contributed by atoms with Gasteiger partial charge < -0.3 is 10.6 Å². The van der Waals surface area contributed by atoms with E-state index in [-0.39, 0.29) is 11.8 Å². The number of carbonyl (C=O) groups is 1. The van der Waals surface area contributed by atoms with Crippen LogP contribution in [0.1, 0.15) is 6.92 Å². The zero-order valence-corrected chi connectivity index (χ0v) is 7.82. The van der Waals surface area contributed by atoms with E-state index >= 15 is 0 Å². The van der Waals surface area contributed by atoms with E-state index < -0.39 is 18.6 Å². The minimum absolute atomic E-state index is 0.170. The quantitative estimate of drug-likeness (QED) is 0.713. The first-order chi connectivity index (χ1) is 6.40. The SMILES string of the molecule is CC(C(=O)NCC(F)(F)F)C1CNC1. The molecule has 0 aliphatic carbocycles. The first kappa shape index (κ1) is 11.3. The predicted molar refractivity (Wildman–Crippen MR) is 44.6 cm³/mol. The Bertz CT molecular complexity index is 213. The number of halogens is 3. The molecule has 14 heavy (non-hydrogen) atoms. The fourth-order valence-electron chi connectivity index (χ4n) is 1.23. The zero-order chi connectivity index (χ0) is 10.8. The highest BCUT2D eigenvalue weighted by molar-refractivity contribution is 5.78. The molecule has 0 spiro atoms. The molecule has 2 N–H and O–H groups in total. The summed E-state index contributed by atoms with van der Waals surface area (Å²) < 4.78 is 35.2. The van der Waals surface area contributed by atoms with E-state index in [9.17, 15) is 18.0 Å².